The topological polar surface area (TPSA) is 63.7 Å². The number of thiazole rings is 1. The van der Waals surface area contributed by atoms with Gasteiger partial charge in [-0.05, 0) is 31.5 Å². The molecule has 0 saturated carbocycles. The van der Waals surface area contributed by atoms with Crippen molar-refractivity contribution < 1.29 is 14.3 Å². The van der Waals surface area contributed by atoms with E-state index >= 15 is 0 Å². The SMILES string of the molecule is O=C(Nc1nc2cc3c(cc2s1)OCCO3)C(c1ccccc1)N1CCCC1. The molecule has 1 amide bonds. The molecule has 144 valence electrons. The van der Waals surface area contributed by atoms with E-state index in [1.807, 2.05) is 42.5 Å². The van der Waals surface area contributed by atoms with Crippen molar-refractivity contribution in [3.63, 3.8) is 0 Å². The van der Waals surface area contributed by atoms with Crippen molar-refractivity contribution in [3.8, 4) is 11.5 Å². The molecule has 0 radical (unpaired) electrons. The third kappa shape index (κ3) is 3.31. The minimum atomic E-state index is -0.296. The minimum Gasteiger partial charge on any atom is -0.486 e. The average molecular weight is 395 g/mol. The van der Waals surface area contributed by atoms with Crippen molar-refractivity contribution >= 4 is 32.6 Å². The highest BCUT2D eigenvalue weighted by Gasteiger charge is 2.30. The second-order valence-electron chi connectivity index (χ2n) is 7.03. The molecule has 3 aromatic rings. The van der Waals surface area contributed by atoms with Crippen LogP contribution >= 0.6 is 11.3 Å². The number of ether oxygens (including phenoxy) is 2. The summed E-state index contributed by atoms with van der Waals surface area (Å²) < 4.78 is 12.2. The molecule has 0 aliphatic carbocycles. The van der Waals surface area contributed by atoms with Crippen LogP contribution < -0.4 is 14.8 Å². The standard InChI is InChI=1S/C21H21N3O3S/c25-20(19(24-8-4-5-9-24)14-6-2-1-3-7-14)23-21-22-15-12-16-17(13-18(15)28-21)27-11-10-26-16/h1-3,6-7,12-13,19H,4-5,8-11H2,(H,22,23,25). The van der Waals surface area contributed by atoms with E-state index in [0.29, 0.717) is 24.1 Å². The first kappa shape index (κ1) is 17.5. The Morgan fingerprint density at radius 2 is 1.79 bits per heavy atom. The van der Waals surface area contributed by atoms with E-state index in [-0.39, 0.29) is 11.9 Å². The summed E-state index contributed by atoms with van der Waals surface area (Å²) in [5.41, 5.74) is 1.82. The number of nitrogens with zero attached hydrogens (tertiary/aromatic N) is 2. The van der Waals surface area contributed by atoms with Crippen LogP contribution in [0, 0.1) is 0 Å². The summed E-state index contributed by atoms with van der Waals surface area (Å²) in [6.07, 6.45) is 2.26. The number of amides is 1. The van der Waals surface area contributed by atoms with Crippen LogP contribution in [0.4, 0.5) is 5.13 Å². The normalized spacial score (nSPS) is 17.6. The van der Waals surface area contributed by atoms with Crippen molar-refractivity contribution in [1.82, 2.24) is 9.88 Å². The van der Waals surface area contributed by atoms with E-state index in [4.69, 9.17) is 9.47 Å². The Balaban J connectivity index is 1.42. The number of likely N-dealkylation sites (tertiary alicyclic amines) is 1. The Morgan fingerprint density at radius 1 is 1.07 bits per heavy atom. The van der Waals surface area contributed by atoms with Gasteiger partial charge < -0.3 is 14.8 Å². The van der Waals surface area contributed by atoms with E-state index in [9.17, 15) is 4.79 Å². The summed E-state index contributed by atoms with van der Waals surface area (Å²) in [4.78, 5) is 20.0. The Kier molecular flexibility index (Phi) is 4.62. The number of carbonyl (C=O) groups excluding carboxylic acids is 1. The monoisotopic (exact) mass is 395 g/mol. The minimum absolute atomic E-state index is 0.0376. The number of carbonyl (C=O) groups is 1. The third-order valence-corrected chi connectivity index (χ3v) is 6.09. The van der Waals surface area contributed by atoms with Crippen molar-refractivity contribution in [2.45, 2.75) is 18.9 Å². The van der Waals surface area contributed by atoms with Crippen molar-refractivity contribution in [2.75, 3.05) is 31.6 Å². The van der Waals surface area contributed by atoms with Crippen LogP contribution in [0.3, 0.4) is 0 Å². The average Bonchev–Trinajstić information content (AvgIpc) is 3.36. The predicted molar refractivity (Wildman–Crippen MR) is 109 cm³/mol. The predicted octanol–water partition coefficient (Wildman–Crippen LogP) is 3.84. The fourth-order valence-corrected chi connectivity index (χ4v) is 4.73. The lowest BCUT2D eigenvalue weighted by atomic mass is 10.1. The lowest BCUT2D eigenvalue weighted by molar-refractivity contribution is -0.121. The van der Waals surface area contributed by atoms with Crippen LogP contribution in [0.1, 0.15) is 24.4 Å². The Hall–Kier alpha value is -2.64. The highest BCUT2D eigenvalue weighted by molar-refractivity contribution is 7.22. The molecule has 1 aromatic heterocycles. The van der Waals surface area contributed by atoms with Gasteiger partial charge in [-0.15, -0.1) is 0 Å². The second-order valence-corrected chi connectivity index (χ2v) is 8.06. The summed E-state index contributed by atoms with van der Waals surface area (Å²) in [7, 11) is 0. The van der Waals surface area contributed by atoms with Crippen LogP contribution in [0.5, 0.6) is 11.5 Å². The van der Waals surface area contributed by atoms with Crippen molar-refractivity contribution in [1.29, 1.82) is 0 Å². The molecule has 2 aromatic carbocycles. The number of benzene rings is 2. The molecule has 6 nitrogen and oxygen atoms in total. The molecule has 1 N–H and O–H groups in total. The lowest BCUT2D eigenvalue weighted by Gasteiger charge is -2.26. The molecular weight excluding hydrogens is 374 g/mol. The summed E-state index contributed by atoms with van der Waals surface area (Å²) in [5, 5.41) is 3.64. The molecule has 2 aliphatic rings. The van der Waals surface area contributed by atoms with Crippen molar-refractivity contribution in [2.24, 2.45) is 0 Å². The molecule has 5 rings (SSSR count). The fraction of sp³-hybridized carbons (Fsp3) is 0.333. The number of hydrogen-bond donors (Lipinski definition) is 1. The fourth-order valence-electron chi connectivity index (χ4n) is 3.86. The second kappa shape index (κ2) is 7.41. The van der Waals surface area contributed by atoms with Crippen molar-refractivity contribution in [3.05, 3.63) is 48.0 Å². The van der Waals surface area contributed by atoms with Gasteiger partial charge in [0.25, 0.3) is 0 Å². The first-order chi connectivity index (χ1) is 13.8. The number of anilines is 1. The van der Waals surface area contributed by atoms with Gasteiger partial charge in [-0.3, -0.25) is 9.69 Å². The zero-order chi connectivity index (χ0) is 18.9. The summed E-state index contributed by atoms with van der Waals surface area (Å²) in [6, 6.07) is 13.5. The number of aromatic nitrogens is 1. The van der Waals surface area contributed by atoms with Crippen LogP contribution in [0.25, 0.3) is 10.2 Å². The van der Waals surface area contributed by atoms with Gasteiger partial charge in [-0.2, -0.15) is 0 Å². The summed E-state index contributed by atoms with van der Waals surface area (Å²) in [6.45, 7) is 2.97. The largest absolute Gasteiger partial charge is 0.486 e. The maximum absolute atomic E-state index is 13.2. The summed E-state index contributed by atoms with van der Waals surface area (Å²) in [5.74, 6) is 1.41. The van der Waals surface area contributed by atoms with Gasteiger partial charge in [0, 0.05) is 12.1 Å². The third-order valence-electron chi connectivity index (χ3n) is 5.15. The smallest absolute Gasteiger partial charge is 0.248 e. The maximum Gasteiger partial charge on any atom is 0.248 e. The molecule has 1 unspecified atom stereocenters. The van der Waals surface area contributed by atoms with Gasteiger partial charge in [0.15, 0.2) is 16.6 Å². The molecule has 28 heavy (non-hydrogen) atoms. The Morgan fingerprint density at radius 3 is 2.54 bits per heavy atom. The number of hydrogen-bond acceptors (Lipinski definition) is 6. The van der Waals surface area contributed by atoms with Crippen LogP contribution in [-0.4, -0.2) is 42.1 Å². The van der Waals surface area contributed by atoms with Gasteiger partial charge >= 0.3 is 0 Å². The summed E-state index contributed by atoms with van der Waals surface area (Å²) >= 11 is 1.46. The van der Waals surface area contributed by atoms with E-state index in [1.165, 1.54) is 11.3 Å². The molecule has 1 atom stereocenters. The number of fused-ring (bicyclic) bond motifs is 2. The van der Waals surface area contributed by atoms with E-state index in [1.54, 1.807) is 0 Å². The Bertz CT molecular complexity index is 956. The van der Waals surface area contributed by atoms with Gasteiger partial charge in [0.05, 0.1) is 10.2 Å². The number of rotatable bonds is 4. The molecule has 7 heteroatoms. The Labute approximate surface area is 167 Å². The molecule has 1 saturated heterocycles. The molecule has 1 fully saturated rings. The first-order valence-corrected chi connectivity index (χ1v) is 10.4. The highest BCUT2D eigenvalue weighted by Crippen LogP contribution is 2.38. The van der Waals surface area contributed by atoms with Gasteiger partial charge in [-0.1, -0.05) is 41.7 Å². The zero-order valence-corrected chi connectivity index (χ0v) is 16.2. The van der Waals surface area contributed by atoms with E-state index in [2.05, 4.69) is 15.2 Å². The quantitative estimate of drug-likeness (QED) is 0.727. The first-order valence-electron chi connectivity index (χ1n) is 9.58. The van der Waals surface area contributed by atoms with Gasteiger partial charge in [-0.25, -0.2) is 4.98 Å². The zero-order valence-electron chi connectivity index (χ0n) is 15.4. The van der Waals surface area contributed by atoms with Gasteiger partial charge in [0.2, 0.25) is 5.91 Å². The highest BCUT2D eigenvalue weighted by atomic mass is 32.1. The molecule has 2 aliphatic heterocycles. The molecule has 0 bridgehead atoms. The van der Waals surface area contributed by atoms with Gasteiger partial charge in [0.1, 0.15) is 19.3 Å². The number of nitrogens with one attached hydrogen (secondary N) is 1. The van der Waals surface area contributed by atoms with Crippen LogP contribution in [-0.2, 0) is 4.79 Å². The molecule has 3 heterocycles. The lowest BCUT2D eigenvalue weighted by Crippen LogP contribution is -2.35. The maximum atomic E-state index is 13.2. The van der Waals surface area contributed by atoms with E-state index in [0.717, 1.165) is 47.5 Å². The molecule has 0 spiro atoms. The molecular formula is C21H21N3O3S. The van der Waals surface area contributed by atoms with E-state index < -0.39 is 0 Å². The van der Waals surface area contributed by atoms with Crippen LogP contribution in [0.2, 0.25) is 0 Å². The van der Waals surface area contributed by atoms with Crippen LogP contribution in [0.15, 0.2) is 42.5 Å².